The second-order valence-electron chi connectivity index (χ2n) is 6.70. The van der Waals surface area contributed by atoms with E-state index in [-0.39, 0.29) is 23.9 Å². The summed E-state index contributed by atoms with van der Waals surface area (Å²) < 4.78 is 0. The zero-order chi connectivity index (χ0) is 18.4. The molecule has 3 amide bonds. The van der Waals surface area contributed by atoms with Crippen LogP contribution in [0.15, 0.2) is 60.7 Å². The molecule has 2 aromatic rings. The average Bonchev–Trinajstić information content (AvgIpc) is 2.69. The van der Waals surface area contributed by atoms with Crippen LogP contribution in [-0.2, 0) is 4.79 Å². The Morgan fingerprint density at radius 3 is 2.15 bits per heavy atom. The van der Waals surface area contributed by atoms with E-state index in [1.165, 1.54) is 0 Å². The minimum Gasteiger partial charge on any atom is -0.331 e. The van der Waals surface area contributed by atoms with Crippen LogP contribution in [0.25, 0.3) is 0 Å². The molecule has 136 valence electrons. The first kappa shape index (κ1) is 18.0. The minimum absolute atomic E-state index is 0.0360. The number of nitrogens with zero attached hydrogens (tertiary/aromatic N) is 1. The molecule has 1 aliphatic heterocycles. The van der Waals surface area contributed by atoms with Gasteiger partial charge in [0.2, 0.25) is 5.91 Å². The second kappa shape index (κ2) is 8.52. The molecule has 0 unspecified atom stereocenters. The number of carbonyl (C=O) groups is 2. The van der Waals surface area contributed by atoms with Gasteiger partial charge in [0.25, 0.3) is 0 Å². The Bertz CT molecular complexity index is 725. The van der Waals surface area contributed by atoms with Crippen molar-refractivity contribution < 1.29 is 9.59 Å². The van der Waals surface area contributed by atoms with Crippen molar-refractivity contribution in [1.29, 1.82) is 0 Å². The fourth-order valence-electron chi connectivity index (χ4n) is 3.21. The molecule has 0 aromatic heterocycles. The SMILES string of the molecule is C[C@H](NC(=O)N1CCC(C(=O)Nc2ccccc2)CC1)c1ccccc1. The van der Waals surface area contributed by atoms with E-state index in [0.717, 1.165) is 11.3 Å². The summed E-state index contributed by atoms with van der Waals surface area (Å²) in [6.07, 6.45) is 1.37. The van der Waals surface area contributed by atoms with Gasteiger partial charge in [0.15, 0.2) is 0 Å². The molecule has 26 heavy (non-hydrogen) atoms. The quantitative estimate of drug-likeness (QED) is 0.880. The van der Waals surface area contributed by atoms with Crippen LogP contribution in [0.4, 0.5) is 10.5 Å². The molecular weight excluding hydrogens is 326 g/mol. The van der Waals surface area contributed by atoms with E-state index in [1.807, 2.05) is 67.6 Å². The molecule has 1 atom stereocenters. The van der Waals surface area contributed by atoms with Gasteiger partial charge in [-0.05, 0) is 37.5 Å². The van der Waals surface area contributed by atoms with Gasteiger partial charge in [-0.15, -0.1) is 0 Å². The van der Waals surface area contributed by atoms with Crippen LogP contribution in [0.5, 0.6) is 0 Å². The first-order valence-electron chi connectivity index (χ1n) is 9.10. The number of rotatable bonds is 4. The summed E-state index contributed by atoms with van der Waals surface area (Å²) in [6.45, 7) is 3.17. The van der Waals surface area contributed by atoms with Gasteiger partial charge in [0.05, 0.1) is 6.04 Å². The number of benzene rings is 2. The van der Waals surface area contributed by atoms with Gasteiger partial charge in [-0.2, -0.15) is 0 Å². The third-order valence-corrected chi connectivity index (χ3v) is 4.83. The molecule has 0 radical (unpaired) electrons. The van der Waals surface area contributed by atoms with Gasteiger partial charge in [-0.25, -0.2) is 4.79 Å². The average molecular weight is 351 g/mol. The maximum atomic E-state index is 12.5. The van der Waals surface area contributed by atoms with Gasteiger partial charge in [0, 0.05) is 24.7 Å². The summed E-state index contributed by atoms with van der Waals surface area (Å²) in [4.78, 5) is 26.6. The number of likely N-dealkylation sites (tertiary alicyclic amines) is 1. The lowest BCUT2D eigenvalue weighted by Crippen LogP contribution is -2.46. The predicted molar refractivity (Wildman–Crippen MR) is 103 cm³/mol. The Morgan fingerprint density at radius 1 is 0.962 bits per heavy atom. The van der Waals surface area contributed by atoms with Gasteiger partial charge < -0.3 is 15.5 Å². The maximum absolute atomic E-state index is 12.5. The zero-order valence-corrected chi connectivity index (χ0v) is 15.0. The largest absolute Gasteiger partial charge is 0.331 e. The lowest BCUT2D eigenvalue weighted by molar-refractivity contribution is -0.121. The highest BCUT2D eigenvalue weighted by molar-refractivity contribution is 5.92. The molecule has 1 fully saturated rings. The van der Waals surface area contributed by atoms with E-state index in [4.69, 9.17) is 0 Å². The van der Waals surface area contributed by atoms with Crippen molar-refractivity contribution in [3.05, 3.63) is 66.2 Å². The topological polar surface area (TPSA) is 61.4 Å². The molecule has 3 rings (SSSR count). The summed E-state index contributed by atoms with van der Waals surface area (Å²) in [7, 11) is 0. The third kappa shape index (κ3) is 4.63. The van der Waals surface area contributed by atoms with Crippen LogP contribution in [0.3, 0.4) is 0 Å². The number of piperidine rings is 1. The Labute approximate surface area is 154 Å². The summed E-state index contributed by atoms with van der Waals surface area (Å²) in [6, 6.07) is 19.3. The standard InChI is InChI=1S/C21H25N3O2/c1-16(17-8-4-2-5-9-17)22-21(26)24-14-12-18(13-15-24)20(25)23-19-10-6-3-7-11-19/h2-11,16,18H,12-15H2,1H3,(H,22,26)(H,23,25)/t16-/m0/s1. The Balaban J connectivity index is 1.47. The van der Waals surface area contributed by atoms with Gasteiger partial charge in [-0.1, -0.05) is 48.5 Å². The molecule has 1 aliphatic rings. The van der Waals surface area contributed by atoms with Crippen LogP contribution in [0, 0.1) is 5.92 Å². The van der Waals surface area contributed by atoms with E-state index in [9.17, 15) is 9.59 Å². The minimum atomic E-state index is -0.0664. The molecule has 0 bridgehead atoms. The molecule has 1 saturated heterocycles. The van der Waals surface area contributed by atoms with Crippen molar-refractivity contribution in [2.45, 2.75) is 25.8 Å². The lowest BCUT2D eigenvalue weighted by Gasteiger charge is -2.32. The Kier molecular flexibility index (Phi) is 5.89. The van der Waals surface area contributed by atoms with E-state index in [0.29, 0.717) is 25.9 Å². The molecule has 0 saturated carbocycles. The van der Waals surface area contributed by atoms with Crippen molar-refractivity contribution in [2.24, 2.45) is 5.92 Å². The van der Waals surface area contributed by atoms with Crippen molar-refractivity contribution >= 4 is 17.6 Å². The highest BCUT2D eigenvalue weighted by atomic mass is 16.2. The molecule has 0 aliphatic carbocycles. The van der Waals surface area contributed by atoms with Crippen molar-refractivity contribution in [3.63, 3.8) is 0 Å². The fraction of sp³-hybridized carbons (Fsp3) is 0.333. The molecule has 2 aromatic carbocycles. The first-order valence-corrected chi connectivity index (χ1v) is 9.10. The lowest BCUT2D eigenvalue weighted by atomic mass is 9.96. The Hall–Kier alpha value is -2.82. The number of amides is 3. The number of hydrogen-bond donors (Lipinski definition) is 2. The third-order valence-electron chi connectivity index (χ3n) is 4.83. The molecular formula is C21H25N3O2. The monoisotopic (exact) mass is 351 g/mol. The molecule has 5 nitrogen and oxygen atoms in total. The van der Waals surface area contributed by atoms with E-state index in [1.54, 1.807) is 4.90 Å². The van der Waals surface area contributed by atoms with Crippen molar-refractivity contribution in [1.82, 2.24) is 10.2 Å². The van der Waals surface area contributed by atoms with Crippen LogP contribution in [0.1, 0.15) is 31.4 Å². The summed E-state index contributed by atoms with van der Waals surface area (Å²) in [5.41, 5.74) is 1.90. The number of para-hydroxylation sites is 1. The van der Waals surface area contributed by atoms with E-state index < -0.39 is 0 Å². The Morgan fingerprint density at radius 2 is 1.54 bits per heavy atom. The highest BCUT2D eigenvalue weighted by Crippen LogP contribution is 2.20. The van der Waals surface area contributed by atoms with Crippen molar-refractivity contribution in [3.8, 4) is 0 Å². The number of nitrogens with one attached hydrogen (secondary N) is 2. The fourth-order valence-corrected chi connectivity index (χ4v) is 3.21. The summed E-state index contributed by atoms with van der Waals surface area (Å²) in [5.74, 6) is -0.0142. The first-order chi connectivity index (χ1) is 12.6. The van der Waals surface area contributed by atoms with Crippen LogP contribution in [-0.4, -0.2) is 29.9 Å². The number of anilines is 1. The number of carbonyl (C=O) groups excluding carboxylic acids is 2. The number of urea groups is 1. The summed E-state index contributed by atoms with van der Waals surface area (Å²) >= 11 is 0. The molecule has 1 heterocycles. The molecule has 5 heteroatoms. The normalized spacial score (nSPS) is 16.0. The van der Waals surface area contributed by atoms with Crippen LogP contribution < -0.4 is 10.6 Å². The van der Waals surface area contributed by atoms with E-state index in [2.05, 4.69) is 10.6 Å². The summed E-state index contributed by atoms with van der Waals surface area (Å²) in [5, 5.41) is 5.99. The van der Waals surface area contributed by atoms with Crippen LogP contribution in [0.2, 0.25) is 0 Å². The zero-order valence-electron chi connectivity index (χ0n) is 15.0. The van der Waals surface area contributed by atoms with Gasteiger partial charge in [-0.3, -0.25) is 4.79 Å². The molecule has 2 N–H and O–H groups in total. The van der Waals surface area contributed by atoms with Gasteiger partial charge in [0.1, 0.15) is 0 Å². The van der Waals surface area contributed by atoms with Crippen LogP contribution >= 0.6 is 0 Å². The maximum Gasteiger partial charge on any atom is 0.317 e. The van der Waals surface area contributed by atoms with Gasteiger partial charge >= 0.3 is 6.03 Å². The second-order valence-corrected chi connectivity index (χ2v) is 6.70. The predicted octanol–water partition coefficient (Wildman–Crippen LogP) is 3.81. The number of hydrogen-bond acceptors (Lipinski definition) is 2. The molecule has 0 spiro atoms. The van der Waals surface area contributed by atoms with E-state index >= 15 is 0 Å². The highest BCUT2D eigenvalue weighted by Gasteiger charge is 2.27. The smallest absolute Gasteiger partial charge is 0.317 e. The van der Waals surface area contributed by atoms with Crippen molar-refractivity contribution in [2.75, 3.05) is 18.4 Å².